The highest BCUT2D eigenvalue weighted by Gasteiger charge is 2.20. The van der Waals surface area contributed by atoms with Crippen molar-refractivity contribution in [2.24, 2.45) is 4.99 Å². The normalized spacial score (nSPS) is 17.6. The van der Waals surface area contributed by atoms with Crippen molar-refractivity contribution in [3.8, 4) is 0 Å². The fourth-order valence-electron chi connectivity index (χ4n) is 2.23. The molecule has 1 fully saturated rings. The molecular formula is C13H18N4. The molecule has 0 spiro atoms. The van der Waals surface area contributed by atoms with E-state index < -0.39 is 0 Å². The second-order valence-electron chi connectivity index (χ2n) is 4.29. The maximum atomic E-state index is 7.41. The Balaban J connectivity index is 1.86. The van der Waals surface area contributed by atoms with Gasteiger partial charge in [-0.1, -0.05) is 30.3 Å². The summed E-state index contributed by atoms with van der Waals surface area (Å²) in [7, 11) is 0. The van der Waals surface area contributed by atoms with E-state index >= 15 is 0 Å². The molecule has 1 aromatic carbocycles. The molecule has 2 N–H and O–H groups in total. The van der Waals surface area contributed by atoms with Crippen molar-refractivity contribution in [1.82, 2.24) is 10.4 Å². The topological polar surface area (TPSA) is 51.5 Å². The summed E-state index contributed by atoms with van der Waals surface area (Å²) in [4.78, 5) is 3.54. The number of hydrogen-bond donors (Lipinski definition) is 2. The molecule has 90 valence electrons. The molecule has 0 bridgehead atoms. The van der Waals surface area contributed by atoms with Crippen LogP contribution in [0.25, 0.3) is 0 Å². The van der Waals surface area contributed by atoms with Gasteiger partial charge < -0.3 is 0 Å². The summed E-state index contributed by atoms with van der Waals surface area (Å²) in [5.41, 5.74) is 4.35. The number of hydrazine groups is 1. The Kier molecular flexibility index (Phi) is 3.88. The average molecular weight is 230 g/mol. The predicted octanol–water partition coefficient (Wildman–Crippen LogP) is 2.01. The number of benzene rings is 1. The monoisotopic (exact) mass is 230 g/mol. The first-order chi connectivity index (χ1) is 8.29. The fourth-order valence-corrected chi connectivity index (χ4v) is 2.23. The molecule has 1 aliphatic rings. The lowest BCUT2D eigenvalue weighted by Crippen LogP contribution is -2.45. The maximum absolute atomic E-state index is 7.41. The van der Waals surface area contributed by atoms with E-state index in [9.17, 15) is 0 Å². The highest BCUT2D eigenvalue weighted by molar-refractivity contribution is 5.80. The number of nitrogens with one attached hydrogen (secondary N) is 2. The quantitative estimate of drug-likeness (QED) is 0.603. The van der Waals surface area contributed by atoms with E-state index in [-0.39, 0.29) is 5.96 Å². The molecule has 1 aromatic rings. The van der Waals surface area contributed by atoms with Crippen molar-refractivity contribution in [2.45, 2.75) is 18.8 Å². The molecule has 2 rings (SSSR count). The zero-order valence-corrected chi connectivity index (χ0v) is 9.89. The third kappa shape index (κ3) is 3.14. The number of rotatable bonds is 2. The van der Waals surface area contributed by atoms with Crippen molar-refractivity contribution < 1.29 is 0 Å². The first-order valence-corrected chi connectivity index (χ1v) is 5.91. The predicted molar refractivity (Wildman–Crippen MR) is 70.4 cm³/mol. The molecule has 0 aromatic heterocycles. The van der Waals surface area contributed by atoms with Crippen LogP contribution in [-0.2, 0) is 0 Å². The van der Waals surface area contributed by atoms with Crippen molar-refractivity contribution >= 4 is 12.7 Å². The van der Waals surface area contributed by atoms with Gasteiger partial charge in [0.15, 0.2) is 0 Å². The number of nitrogens with zero attached hydrogens (tertiary/aromatic N) is 2. The van der Waals surface area contributed by atoms with Crippen LogP contribution in [-0.4, -0.2) is 30.8 Å². The maximum Gasteiger partial charge on any atom is 0.229 e. The molecular weight excluding hydrogens is 212 g/mol. The second-order valence-corrected chi connectivity index (χ2v) is 4.29. The Morgan fingerprint density at radius 1 is 1.29 bits per heavy atom. The molecule has 0 aliphatic carbocycles. The number of piperidine rings is 1. The highest BCUT2D eigenvalue weighted by Crippen LogP contribution is 2.26. The molecule has 0 unspecified atom stereocenters. The molecule has 0 saturated carbocycles. The van der Waals surface area contributed by atoms with Gasteiger partial charge in [0, 0.05) is 13.1 Å². The first kappa shape index (κ1) is 11.8. The zero-order valence-electron chi connectivity index (χ0n) is 9.89. The van der Waals surface area contributed by atoms with E-state index in [4.69, 9.17) is 5.41 Å². The molecule has 4 heteroatoms. The first-order valence-electron chi connectivity index (χ1n) is 5.91. The second kappa shape index (κ2) is 5.59. The van der Waals surface area contributed by atoms with Gasteiger partial charge in [-0.05, 0) is 31.0 Å². The SMILES string of the molecule is C=NC(=N)NN1CCC(c2ccccc2)CC1. The molecule has 1 saturated heterocycles. The summed E-state index contributed by atoms with van der Waals surface area (Å²) >= 11 is 0. The van der Waals surface area contributed by atoms with Gasteiger partial charge in [-0.25, -0.2) is 10.0 Å². The molecule has 0 radical (unpaired) electrons. The van der Waals surface area contributed by atoms with E-state index in [1.807, 2.05) is 5.01 Å². The van der Waals surface area contributed by atoms with Crippen LogP contribution in [0.4, 0.5) is 0 Å². The molecule has 0 amide bonds. The summed E-state index contributed by atoms with van der Waals surface area (Å²) in [5, 5.41) is 9.44. The Morgan fingerprint density at radius 3 is 2.53 bits per heavy atom. The summed E-state index contributed by atoms with van der Waals surface area (Å²) in [6.07, 6.45) is 2.23. The minimum atomic E-state index is 0.128. The lowest BCUT2D eigenvalue weighted by atomic mass is 9.90. The third-order valence-corrected chi connectivity index (χ3v) is 3.19. The zero-order chi connectivity index (χ0) is 12.1. The average Bonchev–Trinajstić information content (AvgIpc) is 2.40. The molecule has 4 nitrogen and oxygen atoms in total. The van der Waals surface area contributed by atoms with Crippen LogP contribution in [0.1, 0.15) is 24.3 Å². The van der Waals surface area contributed by atoms with Crippen LogP contribution in [0.3, 0.4) is 0 Å². The van der Waals surface area contributed by atoms with Gasteiger partial charge in [0.2, 0.25) is 5.96 Å². The van der Waals surface area contributed by atoms with Gasteiger partial charge in [-0.15, -0.1) is 0 Å². The number of guanidine groups is 1. The van der Waals surface area contributed by atoms with Crippen molar-refractivity contribution in [3.63, 3.8) is 0 Å². The van der Waals surface area contributed by atoms with Gasteiger partial charge in [0.05, 0.1) is 0 Å². The molecule has 0 atom stereocenters. The van der Waals surface area contributed by atoms with Gasteiger partial charge in [0.1, 0.15) is 0 Å². The Labute approximate surface area is 102 Å². The van der Waals surface area contributed by atoms with Crippen molar-refractivity contribution in [3.05, 3.63) is 35.9 Å². The van der Waals surface area contributed by atoms with E-state index in [1.54, 1.807) is 0 Å². The van der Waals surface area contributed by atoms with Crippen LogP contribution in [0.5, 0.6) is 0 Å². The lowest BCUT2D eigenvalue weighted by molar-refractivity contribution is 0.179. The number of hydrogen-bond acceptors (Lipinski definition) is 2. The van der Waals surface area contributed by atoms with Crippen LogP contribution < -0.4 is 5.43 Å². The lowest BCUT2D eigenvalue weighted by Gasteiger charge is -2.32. The van der Waals surface area contributed by atoms with E-state index in [2.05, 4.69) is 47.5 Å². The standard InChI is InChI=1S/C13H18N4/c1-15-13(14)16-17-9-7-12(8-10-17)11-5-3-2-4-6-11/h2-6,12H,1,7-10H2,(H2,14,16). The minimum absolute atomic E-state index is 0.128. The van der Waals surface area contributed by atoms with Crippen LogP contribution >= 0.6 is 0 Å². The molecule has 1 heterocycles. The summed E-state index contributed by atoms with van der Waals surface area (Å²) in [5.74, 6) is 0.767. The molecule has 17 heavy (non-hydrogen) atoms. The van der Waals surface area contributed by atoms with Gasteiger partial charge in [-0.2, -0.15) is 0 Å². The number of aliphatic imine (C=N–C) groups is 1. The van der Waals surface area contributed by atoms with Gasteiger partial charge in [0.25, 0.3) is 0 Å². The van der Waals surface area contributed by atoms with Gasteiger partial charge >= 0.3 is 0 Å². The highest BCUT2D eigenvalue weighted by atomic mass is 15.5. The van der Waals surface area contributed by atoms with Crippen LogP contribution in [0.2, 0.25) is 0 Å². The summed E-state index contributed by atoms with van der Waals surface area (Å²) < 4.78 is 0. The van der Waals surface area contributed by atoms with Gasteiger partial charge in [-0.3, -0.25) is 10.8 Å². The van der Waals surface area contributed by atoms with E-state index in [1.165, 1.54) is 5.56 Å². The minimum Gasteiger partial charge on any atom is -0.287 e. The Bertz CT molecular complexity index is 380. The van der Waals surface area contributed by atoms with E-state index in [0.717, 1.165) is 25.9 Å². The van der Waals surface area contributed by atoms with E-state index in [0.29, 0.717) is 5.92 Å². The fraction of sp³-hybridized carbons (Fsp3) is 0.385. The van der Waals surface area contributed by atoms with Crippen LogP contribution in [0.15, 0.2) is 35.3 Å². The van der Waals surface area contributed by atoms with Crippen molar-refractivity contribution in [2.75, 3.05) is 13.1 Å². The summed E-state index contributed by atoms with van der Waals surface area (Å²) in [6, 6.07) is 10.6. The smallest absolute Gasteiger partial charge is 0.229 e. The largest absolute Gasteiger partial charge is 0.287 e. The van der Waals surface area contributed by atoms with Crippen LogP contribution in [0, 0.1) is 5.41 Å². The van der Waals surface area contributed by atoms with Crippen molar-refractivity contribution in [1.29, 1.82) is 5.41 Å². The third-order valence-electron chi connectivity index (χ3n) is 3.19. The Hall–Kier alpha value is -1.68. The summed E-state index contributed by atoms with van der Waals surface area (Å²) in [6.45, 7) is 5.21. The molecule has 1 aliphatic heterocycles. The Morgan fingerprint density at radius 2 is 1.94 bits per heavy atom.